The molecular weight excluding hydrogens is 311 g/mol. The van der Waals surface area contributed by atoms with Crippen LogP contribution in [-0.4, -0.2) is 29.0 Å². The van der Waals surface area contributed by atoms with E-state index in [1.54, 1.807) is 23.9 Å². The number of ether oxygens (including phenoxy) is 1. The third-order valence-corrected chi connectivity index (χ3v) is 6.39. The van der Waals surface area contributed by atoms with Crippen LogP contribution in [0.5, 0.6) is 0 Å². The lowest BCUT2D eigenvalue weighted by molar-refractivity contribution is 0.0701. The molecule has 2 aromatic rings. The number of hydrogen-bond donors (Lipinski definition) is 1. The molecule has 21 heavy (non-hydrogen) atoms. The van der Waals surface area contributed by atoms with E-state index in [9.17, 15) is 14.3 Å². The third-order valence-electron chi connectivity index (χ3n) is 3.71. The van der Waals surface area contributed by atoms with Crippen LogP contribution in [0, 0.1) is 5.82 Å². The van der Waals surface area contributed by atoms with Gasteiger partial charge >= 0.3 is 5.97 Å². The molecule has 1 aromatic heterocycles. The lowest BCUT2D eigenvalue weighted by Gasteiger charge is -2.13. The van der Waals surface area contributed by atoms with Gasteiger partial charge in [-0.05, 0) is 31.0 Å². The van der Waals surface area contributed by atoms with E-state index < -0.39 is 5.97 Å². The molecule has 2 unspecified atom stereocenters. The Balaban J connectivity index is 1.95. The summed E-state index contributed by atoms with van der Waals surface area (Å²) in [6.45, 7) is 2.76. The van der Waals surface area contributed by atoms with Crippen molar-refractivity contribution in [2.75, 3.05) is 6.61 Å². The zero-order chi connectivity index (χ0) is 15.0. The molecule has 1 aliphatic rings. The van der Waals surface area contributed by atoms with Crippen molar-refractivity contribution < 1.29 is 19.0 Å². The predicted molar refractivity (Wildman–Crippen MR) is 83.9 cm³/mol. The molecule has 3 rings (SSSR count). The zero-order valence-corrected chi connectivity index (χ0v) is 13.1. The second kappa shape index (κ2) is 5.94. The van der Waals surface area contributed by atoms with Crippen LogP contribution in [0.2, 0.25) is 0 Å². The number of carboxylic acids is 1. The molecule has 1 aliphatic heterocycles. The fourth-order valence-electron chi connectivity index (χ4n) is 2.60. The van der Waals surface area contributed by atoms with Crippen molar-refractivity contribution in [2.45, 2.75) is 30.5 Å². The average molecular weight is 326 g/mol. The molecule has 0 aliphatic carbocycles. The molecule has 1 saturated heterocycles. The summed E-state index contributed by atoms with van der Waals surface area (Å²) in [5.74, 6) is -0.828. The standard InChI is InChI=1S/C15H15FO3S2/c1-8-11(5-6-19-8)20-7-9-13-10(16)3-2-4-12(13)21-14(9)15(17)18/h2-4,8,11H,5-7H2,1H3,(H,17,18). The third kappa shape index (κ3) is 2.80. The average Bonchev–Trinajstić information content (AvgIpc) is 3.01. The first-order valence-electron chi connectivity index (χ1n) is 6.74. The van der Waals surface area contributed by atoms with Gasteiger partial charge in [0.2, 0.25) is 0 Å². The van der Waals surface area contributed by atoms with E-state index in [0.29, 0.717) is 26.7 Å². The van der Waals surface area contributed by atoms with Gasteiger partial charge in [-0.25, -0.2) is 9.18 Å². The van der Waals surface area contributed by atoms with Gasteiger partial charge in [-0.2, -0.15) is 11.8 Å². The highest BCUT2D eigenvalue weighted by Gasteiger charge is 2.27. The summed E-state index contributed by atoms with van der Waals surface area (Å²) >= 11 is 2.80. The Morgan fingerprint density at radius 3 is 3.05 bits per heavy atom. The maximum Gasteiger partial charge on any atom is 0.346 e. The van der Waals surface area contributed by atoms with E-state index >= 15 is 0 Å². The van der Waals surface area contributed by atoms with Gasteiger partial charge < -0.3 is 9.84 Å². The SMILES string of the molecule is CC1OCCC1SCc1c(C(=O)O)sc2cccc(F)c12. The molecule has 0 bridgehead atoms. The van der Waals surface area contributed by atoms with E-state index in [1.807, 2.05) is 6.92 Å². The summed E-state index contributed by atoms with van der Waals surface area (Å²) in [5, 5.41) is 10.2. The highest BCUT2D eigenvalue weighted by atomic mass is 32.2. The van der Waals surface area contributed by atoms with Crippen molar-refractivity contribution in [3.05, 3.63) is 34.5 Å². The van der Waals surface area contributed by atoms with Crippen LogP contribution < -0.4 is 0 Å². The van der Waals surface area contributed by atoms with Gasteiger partial charge in [0.15, 0.2) is 0 Å². The predicted octanol–water partition coefficient (Wildman–Crippen LogP) is 4.15. The number of rotatable bonds is 4. The number of fused-ring (bicyclic) bond motifs is 1. The second-order valence-corrected chi connectivity index (χ2v) is 7.32. The highest BCUT2D eigenvalue weighted by molar-refractivity contribution is 7.99. The first-order chi connectivity index (χ1) is 10.1. The number of hydrogen-bond acceptors (Lipinski definition) is 4. The van der Waals surface area contributed by atoms with Gasteiger partial charge in [0.05, 0.1) is 6.10 Å². The van der Waals surface area contributed by atoms with Crippen molar-refractivity contribution in [3.63, 3.8) is 0 Å². The van der Waals surface area contributed by atoms with Crippen LogP contribution in [0.1, 0.15) is 28.6 Å². The maximum atomic E-state index is 14.1. The van der Waals surface area contributed by atoms with Gasteiger partial charge in [0, 0.05) is 27.7 Å². The van der Waals surface area contributed by atoms with Crippen molar-refractivity contribution in [1.82, 2.24) is 0 Å². The number of carboxylic acid groups (broad SMARTS) is 1. The van der Waals surface area contributed by atoms with Crippen LogP contribution in [0.15, 0.2) is 18.2 Å². The minimum absolute atomic E-state index is 0.165. The van der Waals surface area contributed by atoms with Gasteiger partial charge in [0.1, 0.15) is 10.7 Å². The van der Waals surface area contributed by atoms with E-state index in [1.165, 1.54) is 6.07 Å². The number of benzene rings is 1. The van der Waals surface area contributed by atoms with E-state index in [2.05, 4.69) is 0 Å². The number of thiophene rings is 1. The Hall–Kier alpha value is -1.11. The Bertz CT molecular complexity index is 683. The van der Waals surface area contributed by atoms with E-state index in [4.69, 9.17) is 4.74 Å². The van der Waals surface area contributed by atoms with Crippen LogP contribution in [0.3, 0.4) is 0 Å². The molecular formula is C15H15FO3S2. The van der Waals surface area contributed by atoms with Gasteiger partial charge in [-0.3, -0.25) is 0 Å². The summed E-state index contributed by atoms with van der Waals surface area (Å²) in [4.78, 5) is 11.7. The topological polar surface area (TPSA) is 46.5 Å². The van der Waals surface area contributed by atoms with Crippen LogP contribution in [-0.2, 0) is 10.5 Å². The second-order valence-electron chi connectivity index (χ2n) is 5.04. The molecule has 112 valence electrons. The van der Waals surface area contributed by atoms with Crippen molar-refractivity contribution >= 4 is 39.2 Å². The zero-order valence-electron chi connectivity index (χ0n) is 11.5. The summed E-state index contributed by atoms with van der Waals surface area (Å²) in [6, 6.07) is 4.77. The molecule has 0 spiro atoms. The molecule has 2 heterocycles. The molecule has 0 radical (unpaired) electrons. The summed E-state index contributed by atoms with van der Waals surface area (Å²) in [7, 11) is 0. The Morgan fingerprint density at radius 2 is 2.38 bits per heavy atom. The molecule has 2 atom stereocenters. The van der Waals surface area contributed by atoms with Crippen molar-refractivity contribution in [1.29, 1.82) is 0 Å². The van der Waals surface area contributed by atoms with Crippen molar-refractivity contribution in [3.8, 4) is 0 Å². The Morgan fingerprint density at radius 1 is 1.57 bits per heavy atom. The van der Waals surface area contributed by atoms with E-state index in [-0.39, 0.29) is 16.8 Å². The number of aromatic carboxylic acids is 1. The number of halogens is 1. The first kappa shape index (κ1) is 14.8. The van der Waals surface area contributed by atoms with E-state index in [0.717, 1.165) is 24.4 Å². The van der Waals surface area contributed by atoms with Crippen LogP contribution in [0.25, 0.3) is 10.1 Å². The summed E-state index contributed by atoms with van der Waals surface area (Å²) in [6.07, 6.45) is 1.12. The molecule has 1 fully saturated rings. The van der Waals surface area contributed by atoms with Crippen molar-refractivity contribution in [2.24, 2.45) is 0 Å². The first-order valence-corrected chi connectivity index (χ1v) is 8.61. The number of thioether (sulfide) groups is 1. The molecule has 1 N–H and O–H groups in total. The maximum absolute atomic E-state index is 14.1. The molecule has 0 amide bonds. The monoisotopic (exact) mass is 326 g/mol. The molecule has 6 heteroatoms. The fourth-order valence-corrected chi connectivity index (χ4v) is 5.05. The van der Waals surface area contributed by atoms with Gasteiger partial charge in [0.25, 0.3) is 0 Å². The molecule has 3 nitrogen and oxygen atoms in total. The number of carbonyl (C=O) groups is 1. The lowest BCUT2D eigenvalue weighted by Crippen LogP contribution is -2.13. The molecule has 0 saturated carbocycles. The van der Waals surface area contributed by atoms with Crippen LogP contribution in [0.4, 0.5) is 4.39 Å². The normalized spacial score (nSPS) is 22.0. The highest BCUT2D eigenvalue weighted by Crippen LogP contribution is 2.38. The fraction of sp³-hybridized carbons (Fsp3) is 0.400. The van der Waals surface area contributed by atoms with Gasteiger partial charge in [-0.1, -0.05) is 6.07 Å². The summed E-state index contributed by atoms with van der Waals surface area (Å²) < 4.78 is 20.3. The molecule has 1 aromatic carbocycles. The smallest absolute Gasteiger partial charge is 0.346 e. The quantitative estimate of drug-likeness (QED) is 0.917. The van der Waals surface area contributed by atoms with Crippen LogP contribution >= 0.6 is 23.1 Å². The Kier molecular flexibility index (Phi) is 4.19. The minimum Gasteiger partial charge on any atom is -0.477 e. The Labute approximate surface area is 130 Å². The minimum atomic E-state index is -0.984. The largest absolute Gasteiger partial charge is 0.477 e. The lowest BCUT2D eigenvalue weighted by atomic mass is 10.1. The summed E-state index contributed by atoms with van der Waals surface area (Å²) in [5.41, 5.74) is 0.602. The van der Waals surface area contributed by atoms with Gasteiger partial charge in [-0.15, -0.1) is 11.3 Å².